The normalized spacial score (nSPS) is 51.3. The molecule has 0 aliphatic carbocycles. The summed E-state index contributed by atoms with van der Waals surface area (Å²) >= 11 is 0. The monoisotopic (exact) mass is 628 g/mol. The number of aliphatic hydroxyl groups excluding tert-OH is 6. The molecule has 16 heteroatoms. The van der Waals surface area contributed by atoms with Crippen LogP contribution in [-0.2, 0) is 47.4 Å². The van der Waals surface area contributed by atoms with E-state index in [2.05, 4.69) is 0 Å². The Hall–Kier alpha value is -0.640. The zero-order chi connectivity index (χ0) is 31.6. The van der Waals surface area contributed by atoms with E-state index in [0.717, 1.165) is 0 Å². The molecule has 4 heterocycles. The Labute approximate surface area is 250 Å². The Morgan fingerprint density at radius 2 is 1.12 bits per heavy atom. The highest BCUT2D eigenvalue weighted by atomic mass is 16.8. The number of aliphatic hydroxyl groups is 6. The maximum Gasteiger partial charge on any atom is 0.187 e. The third-order valence-corrected chi connectivity index (χ3v) is 8.62. The zero-order valence-electron chi connectivity index (χ0n) is 25.3. The molecule has 252 valence electrons. The molecule has 0 saturated carbocycles. The fourth-order valence-corrected chi connectivity index (χ4v) is 6.18. The SMILES string of the molecule is CO[C@H]1[C@@H](O)[C@H](O[C@H]2[C@@H](OC)C[C@H](O[C@H]3[C@@H](OC)CC(O)O[C@@H]3C)O[C@@H]2C)O[C@H](C)[C@H]1O[C@@H]1O[C@H](CO)[C@@H](O)[C@H](O)[C@H]1O. The Bertz CT molecular complexity index is 852. The van der Waals surface area contributed by atoms with E-state index < -0.39 is 117 Å². The highest BCUT2D eigenvalue weighted by Crippen LogP contribution is 2.35. The molecule has 0 spiro atoms. The molecule has 4 aliphatic heterocycles. The fourth-order valence-electron chi connectivity index (χ4n) is 6.18. The lowest BCUT2D eigenvalue weighted by Crippen LogP contribution is -2.65. The van der Waals surface area contributed by atoms with Crippen LogP contribution >= 0.6 is 0 Å². The van der Waals surface area contributed by atoms with Crippen LogP contribution < -0.4 is 0 Å². The Balaban J connectivity index is 1.39. The van der Waals surface area contributed by atoms with Gasteiger partial charge in [-0.3, -0.25) is 0 Å². The maximum absolute atomic E-state index is 11.2. The van der Waals surface area contributed by atoms with Crippen LogP contribution in [0.25, 0.3) is 0 Å². The maximum atomic E-state index is 11.2. The summed E-state index contributed by atoms with van der Waals surface area (Å²) in [6.45, 7) is 4.60. The van der Waals surface area contributed by atoms with Gasteiger partial charge in [-0.15, -0.1) is 0 Å². The third-order valence-electron chi connectivity index (χ3n) is 8.62. The van der Waals surface area contributed by atoms with Crippen molar-refractivity contribution in [2.45, 2.75) is 144 Å². The van der Waals surface area contributed by atoms with Gasteiger partial charge < -0.3 is 78.0 Å². The lowest BCUT2D eigenvalue weighted by molar-refractivity contribution is -0.373. The first kappa shape index (κ1) is 35.2. The van der Waals surface area contributed by atoms with Crippen LogP contribution in [0.2, 0.25) is 0 Å². The van der Waals surface area contributed by atoms with Crippen LogP contribution in [0.1, 0.15) is 33.6 Å². The lowest BCUT2D eigenvalue weighted by Gasteiger charge is -2.48. The minimum Gasteiger partial charge on any atom is -0.394 e. The minimum atomic E-state index is -1.64. The van der Waals surface area contributed by atoms with Crippen LogP contribution in [0, 0.1) is 0 Å². The van der Waals surface area contributed by atoms with Gasteiger partial charge in [-0.05, 0) is 20.8 Å². The van der Waals surface area contributed by atoms with Crippen LogP contribution in [0.5, 0.6) is 0 Å². The minimum absolute atomic E-state index is 0.254. The van der Waals surface area contributed by atoms with E-state index in [-0.39, 0.29) is 12.8 Å². The number of ether oxygens (including phenoxy) is 10. The van der Waals surface area contributed by atoms with Crippen molar-refractivity contribution in [1.29, 1.82) is 0 Å². The van der Waals surface area contributed by atoms with Crippen molar-refractivity contribution in [3.05, 3.63) is 0 Å². The van der Waals surface area contributed by atoms with Gasteiger partial charge in [0.1, 0.15) is 54.9 Å². The Kier molecular flexibility index (Phi) is 12.5. The molecule has 4 fully saturated rings. The number of methoxy groups -OCH3 is 3. The van der Waals surface area contributed by atoms with E-state index in [4.69, 9.17) is 47.4 Å². The molecule has 6 N–H and O–H groups in total. The Morgan fingerprint density at radius 3 is 1.74 bits per heavy atom. The molecule has 0 amide bonds. The summed E-state index contributed by atoms with van der Waals surface area (Å²) in [6.07, 6.45) is -17.0. The first-order valence-corrected chi connectivity index (χ1v) is 14.6. The Morgan fingerprint density at radius 1 is 0.558 bits per heavy atom. The quantitative estimate of drug-likeness (QED) is 0.146. The zero-order valence-corrected chi connectivity index (χ0v) is 25.3. The third kappa shape index (κ3) is 7.68. The molecule has 18 atom stereocenters. The van der Waals surface area contributed by atoms with Gasteiger partial charge in [-0.2, -0.15) is 0 Å². The van der Waals surface area contributed by atoms with E-state index in [9.17, 15) is 30.6 Å². The summed E-state index contributed by atoms with van der Waals surface area (Å²) in [7, 11) is 4.43. The first-order valence-electron chi connectivity index (χ1n) is 14.6. The molecule has 0 aromatic heterocycles. The molecular weight excluding hydrogens is 580 g/mol. The summed E-state index contributed by atoms with van der Waals surface area (Å²) in [6, 6.07) is 0. The second-order valence-corrected chi connectivity index (χ2v) is 11.5. The molecule has 0 aromatic carbocycles. The number of hydrogen-bond donors (Lipinski definition) is 6. The standard InChI is InChI=1S/C27H48O16/c1-10-22(13(34-4)7-16(29)37-10)41-17-8-14(35-5)23(11(2)38-17)42-27-21(33)25(36-6)24(12(3)39-27)43-26-20(32)19(31)18(30)15(9-28)40-26/h10-33H,7-9H2,1-6H3/t10-,11-,12-,13+,14+,15-,16?,17+,18-,19+,20-,21-,22-,23-,24-,25+,26+,27+/m1/s1. The fraction of sp³-hybridized carbons (Fsp3) is 1.00. The summed E-state index contributed by atoms with van der Waals surface area (Å²) in [5.41, 5.74) is 0. The average Bonchev–Trinajstić information content (AvgIpc) is 2.97. The summed E-state index contributed by atoms with van der Waals surface area (Å²) in [5.74, 6) is 0. The van der Waals surface area contributed by atoms with Crippen molar-refractivity contribution in [2.75, 3.05) is 27.9 Å². The van der Waals surface area contributed by atoms with Gasteiger partial charge >= 0.3 is 0 Å². The van der Waals surface area contributed by atoms with Crippen LogP contribution in [-0.4, -0.2) is 169 Å². The largest absolute Gasteiger partial charge is 0.394 e. The molecule has 4 rings (SSSR count). The average molecular weight is 629 g/mol. The van der Waals surface area contributed by atoms with E-state index in [1.807, 2.05) is 0 Å². The molecule has 0 aromatic rings. The molecule has 1 unspecified atom stereocenters. The molecule has 4 aliphatic rings. The van der Waals surface area contributed by atoms with Crippen molar-refractivity contribution in [2.24, 2.45) is 0 Å². The molecule has 0 radical (unpaired) electrons. The van der Waals surface area contributed by atoms with Crippen molar-refractivity contribution in [3.63, 3.8) is 0 Å². The molecule has 43 heavy (non-hydrogen) atoms. The van der Waals surface area contributed by atoms with Crippen LogP contribution in [0.3, 0.4) is 0 Å². The van der Waals surface area contributed by atoms with Crippen molar-refractivity contribution in [3.8, 4) is 0 Å². The number of rotatable bonds is 10. The summed E-state index contributed by atoms with van der Waals surface area (Å²) in [4.78, 5) is 0. The van der Waals surface area contributed by atoms with Crippen molar-refractivity contribution >= 4 is 0 Å². The highest BCUT2D eigenvalue weighted by Gasteiger charge is 2.52. The van der Waals surface area contributed by atoms with Crippen molar-refractivity contribution in [1.82, 2.24) is 0 Å². The van der Waals surface area contributed by atoms with Crippen molar-refractivity contribution < 1.29 is 78.0 Å². The van der Waals surface area contributed by atoms with Gasteiger partial charge in [0.2, 0.25) is 0 Å². The number of hydrogen-bond acceptors (Lipinski definition) is 16. The van der Waals surface area contributed by atoms with Crippen LogP contribution in [0.4, 0.5) is 0 Å². The van der Waals surface area contributed by atoms with E-state index in [1.165, 1.54) is 14.2 Å². The lowest BCUT2D eigenvalue weighted by atomic mass is 9.96. The predicted octanol–water partition coefficient (Wildman–Crippen LogP) is -2.65. The topological polar surface area (TPSA) is 214 Å². The van der Waals surface area contributed by atoms with Gasteiger partial charge in [-0.25, -0.2) is 0 Å². The summed E-state index contributed by atoms with van der Waals surface area (Å²) in [5, 5.41) is 61.3. The van der Waals surface area contributed by atoms with Crippen LogP contribution in [0.15, 0.2) is 0 Å². The van der Waals surface area contributed by atoms with Gasteiger partial charge in [-0.1, -0.05) is 0 Å². The highest BCUT2D eigenvalue weighted by molar-refractivity contribution is 4.95. The van der Waals surface area contributed by atoms with Gasteiger partial charge in [0.25, 0.3) is 0 Å². The van der Waals surface area contributed by atoms with Gasteiger partial charge in [0.15, 0.2) is 25.2 Å². The molecular formula is C27H48O16. The molecule has 4 saturated heterocycles. The van der Waals surface area contributed by atoms with Gasteiger partial charge in [0.05, 0.1) is 37.1 Å². The molecule has 16 nitrogen and oxygen atoms in total. The van der Waals surface area contributed by atoms with Gasteiger partial charge in [0, 0.05) is 34.2 Å². The molecule has 0 bridgehead atoms. The van der Waals surface area contributed by atoms with E-state index in [0.29, 0.717) is 0 Å². The first-order chi connectivity index (χ1) is 20.4. The second-order valence-electron chi connectivity index (χ2n) is 11.5. The predicted molar refractivity (Wildman–Crippen MR) is 141 cm³/mol. The van der Waals surface area contributed by atoms with E-state index in [1.54, 1.807) is 27.9 Å². The second kappa shape index (κ2) is 15.3. The van der Waals surface area contributed by atoms with E-state index >= 15 is 0 Å². The summed E-state index contributed by atoms with van der Waals surface area (Å²) < 4.78 is 58.2. The smallest absolute Gasteiger partial charge is 0.187 e.